The number of nitrogen functional groups attached to an aromatic ring is 1. The molecule has 1 heterocycles. The molecule has 1 aromatic rings. The quantitative estimate of drug-likeness (QED) is 0.795. The second kappa shape index (κ2) is 3.85. The molecule has 80 valence electrons. The van der Waals surface area contributed by atoms with Crippen molar-refractivity contribution >= 4 is 26.2 Å². The van der Waals surface area contributed by atoms with Crippen molar-refractivity contribution in [2.75, 3.05) is 5.73 Å². The molecule has 2 rings (SSSR count). The van der Waals surface area contributed by atoms with Gasteiger partial charge < -0.3 is 5.73 Å². The highest BCUT2D eigenvalue weighted by molar-refractivity contribution is 9.18. The van der Waals surface area contributed by atoms with Crippen LogP contribution in [0.25, 0.3) is 0 Å². The number of anilines is 1. The molecular formula is C11H14BrN3. The van der Waals surface area contributed by atoms with E-state index in [0.29, 0.717) is 6.04 Å². The van der Waals surface area contributed by atoms with Crippen LogP contribution in [-0.2, 0) is 6.54 Å². The van der Waals surface area contributed by atoms with E-state index in [9.17, 15) is 0 Å². The molecule has 0 spiro atoms. The Bertz CT molecular complexity index is 412. The van der Waals surface area contributed by atoms with Gasteiger partial charge >= 0.3 is 0 Å². The highest BCUT2D eigenvalue weighted by Gasteiger charge is 2.18. The van der Waals surface area contributed by atoms with Crippen molar-refractivity contribution < 1.29 is 0 Å². The van der Waals surface area contributed by atoms with E-state index in [1.54, 1.807) is 0 Å². The Morgan fingerprint density at radius 2 is 2.20 bits per heavy atom. The molecule has 0 atom stereocenters. The Morgan fingerprint density at radius 1 is 1.47 bits per heavy atom. The molecule has 0 aliphatic carbocycles. The van der Waals surface area contributed by atoms with Crippen LogP contribution >= 0.6 is 15.9 Å². The molecule has 1 aliphatic rings. The molecule has 4 heteroatoms. The van der Waals surface area contributed by atoms with Crippen molar-refractivity contribution in [3.05, 3.63) is 29.3 Å². The fourth-order valence-electron chi connectivity index (χ4n) is 1.62. The molecule has 15 heavy (non-hydrogen) atoms. The van der Waals surface area contributed by atoms with Crippen LogP contribution in [0.4, 0.5) is 5.69 Å². The van der Waals surface area contributed by atoms with Gasteiger partial charge in [0.05, 0.1) is 6.54 Å². The largest absolute Gasteiger partial charge is 0.399 e. The van der Waals surface area contributed by atoms with Crippen molar-refractivity contribution in [1.29, 1.82) is 0 Å². The fourth-order valence-corrected chi connectivity index (χ4v) is 2.21. The van der Waals surface area contributed by atoms with Crippen LogP contribution in [0.15, 0.2) is 23.3 Å². The Labute approximate surface area is 98.1 Å². The number of hydrogen-bond donors (Lipinski definition) is 1. The van der Waals surface area contributed by atoms with E-state index in [4.69, 9.17) is 5.73 Å². The predicted molar refractivity (Wildman–Crippen MR) is 67.0 cm³/mol. The second-order valence-electron chi connectivity index (χ2n) is 4.00. The minimum atomic E-state index is 0.395. The monoisotopic (exact) mass is 267 g/mol. The first-order valence-electron chi connectivity index (χ1n) is 4.97. The van der Waals surface area contributed by atoms with Crippen molar-refractivity contribution in [3.8, 4) is 0 Å². The molecule has 0 radical (unpaired) electrons. The molecule has 1 aliphatic heterocycles. The minimum Gasteiger partial charge on any atom is -0.399 e. The number of rotatable bonds is 1. The fraction of sp³-hybridized carbons (Fsp3) is 0.364. The first kappa shape index (κ1) is 10.5. The van der Waals surface area contributed by atoms with Crippen molar-refractivity contribution in [2.45, 2.75) is 26.4 Å². The van der Waals surface area contributed by atoms with Crippen LogP contribution in [-0.4, -0.2) is 15.7 Å². The van der Waals surface area contributed by atoms with E-state index in [1.165, 1.54) is 5.56 Å². The molecule has 0 fully saturated rings. The van der Waals surface area contributed by atoms with E-state index in [2.05, 4.69) is 34.9 Å². The van der Waals surface area contributed by atoms with Gasteiger partial charge in [-0.05, 0) is 53.5 Å². The maximum atomic E-state index is 5.78. The lowest BCUT2D eigenvalue weighted by Gasteiger charge is -2.29. The smallest absolute Gasteiger partial charge is 0.133 e. The van der Waals surface area contributed by atoms with Gasteiger partial charge in [-0.3, -0.25) is 5.01 Å². The van der Waals surface area contributed by atoms with Crippen LogP contribution in [0.1, 0.15) is 25.0 Å². The van der Waals surface area contributed by atoms with Gasteiger partial charge in [0.2, 0.25) is 0 Å². The normalized spacial score (nSPS) is 15.2. The lowest BCUT2D eigenvalue weighted by molar-refractivity contribution is 0.221. The first-order valence-corrected chi connectivity index (χ1v) is 5.76. The molecule has 0 unspecified atom stereocenters. The van der Waals surface area contributed by atoms with Gasteiger partial charge in [0.1, 0.15) is 4.62 Å². The summed E-state index contributed by atoms with van der Waals surface area (Å²) in [6, 6.07) is 6.32. The molecule has 1 aromatic carbocycles. The van der Waals surface area contributed by atoms with Gasteiger partial charge in [-0.2, -0.15) is 5.10 Å². The number of hydrazone groups is 1. The minimum absolute atomic E-state index is 0.395. The van der Waals surface area contributed by atoms with Crippen molar-refractivity contribution in [1.82, 2.24) is 5.01 Å². The molecule has 0 saturated heterocycles. The summed E-state index contributed by atoms with van der Waals surface area (Å²) >= 11 is 3.49. The number of nitrogens with two attached hydrogens (primary N) is 1. The topological polar surface area (TPSA) is 41.6 Å². The summed E-state index contributed by atoms with van der Waals surface area (Å²) in [6.45, 7) is 5.08. The van der Waals surface area contributed by atoms with E-state index >= 15 is 0 Å². The zero-order valence-electron chi connectivity index (χ0n) is 8.87. The first-order chi connectivity index (χ1) is 7.08. The summed E-state index contributed by atoms with van der Waals surface area (Å²) in [5.41, 5.74) is 8.95. The third-order valence-corrected chi connectivity index (χ3v) is 3.08. The third kappa shape index (κ3) is 2.00. The average molecular weight is 268 g/mol. The zero-order chi connectivity index (χ0) is 11.0. The highest BCUT2D eigenvalue weighted by atomic mass is 79.9. The average Bonchev–Trinajstić information content (AvgIpc) is 2.16. The molecule has 0 aromatic heterocycles. The van der Waals surface area contributed by atoms with E-state index in [0.717, 1.165) is 22.4 Å². The Morgan fingerprint density at radius 3 is 2.87 bits per heavy atom. The second-order valence-corrected chi connectivity index (χ2v) is 4.75. The van der Waals surface area contributed by atoms with Crippen LogP contribution in [0, 0.1) is 0 Å². The molecule has 3 nitrogen and oxygen atoms in total. The highest BCUT2D eigenvalue weighted by Crippen LogP contribution is 2.24. The van der Waals surface area contributed by atoms with Gasteiger partial charge in [-0.15, -0.1) is 0 Å². The molecule has 0 bridgehead atoms. The van der Waals surface area contributed by atoms with Crippen molar-refractivity contribution in [2.24, 2.45) is 5.10 Å². The molecule has 0 saturated carbocycles. The van der Waals surface area contributed by atoms with Gasteiger partial charge in [0.15, 0.2) is 0 Å². The summed E-state index contributed by atoms with van der Waals surface area (Å²) in [4.78, 5) is 0. The maximum absolute atomic E-state index is 5.78. The number of halogens is 1. The number of fused-ring (bicyclic) bond motifs is 1. The summed E-state index contributed by atoms with van der Waals surface area (Å²) in [5.74, 6) is 0. The van der Waals surface area contributed by atoms with Gasteiger partial charge in [0.25, 0.3) is 0 Å². The molecule has 2 N–H and O–H groups in total. The van der Waals surface area contributed by atoms with E-state index in [-0.39, 0.29) is 0 Å². The van der Waals surface area contributed by atoms with Crippen LogP contribution < -0.4 is 5.73 Å². The van der Waals surface area contributed by atoms with Gasteiger partial charge in [-0.25, -0.2) is 0 Å². The summed E-state index contributed by atoms with van der Waals surface area (Å²) in [7, 11) is 0. The Hall–Kier alpha value is -1.03. The number of nitrogens with zero attached hydrogens (tertiary/aromatic N) is 2. The maximum Gasteiger partial charge on any atom is 0.133 e. The Balaban J connectivity index is 2.42. The summed E-state index contributed by atoms with van der Waals surface area (Å²) in [5, 5.41) is 6.53. The standard InChI is InChI=1S/C11H14BrN3/c1-7(2)15-6-8-5-9(13)3-4-10(8)11(12)14-15/h3-5,7H,6,13H2,1-2H3. The zero-order valence-corrected chi connectivity index (χ0v) is 10.5. The SMILES string of the molecule is CC(C)N1Cc2cc(N)ccc2C(Br)=N1. The third-order valence-electron chi connectivity index (χ3n) is 2.50. The summed E-state index contributed by atoms with van der Waals surface area (Å²) in [6.07, 6.45) is 0. The lowest BCUT2D eigenvalue weighted by atomic mass is 10.1. The van der Waals surface area contributed by atoms with E-state index in [1.807, 2.05) is 23.2 Å². The summed E-state index contributed by atoms with van der Waals surface area (Å²) < 4.78 is 0.887. The molecular weight excluding hydrogens is 254 g/mol. The van der Waals surface area contributed by atoms with Crippen molar-refractivity contribution in [3.63, 3.8) is 0 Å². The Kier molecular flexibility index (Phi) is 2.69. The van der Waals surface area contributed by atoms with Crippen LogP contribution in [0.5, 0.6) is 0 Å². The lowest BCUT2D eigenvalue weighted by Crippen LogP contribution is -2.29. The number of hydrogen-bond acceptors (Lipinski definition) is 3. The number of benzene rings is 1. The predicted octanol–water partition coefficient (Wildman–Crippen LogP) is 2.55. The van der Waals surface area contributed by atoms with Gasteiger partial charge in [0, 0.05) is 17.3 Å². The van der Waals surface area contributed by atoms with Crippen LogP contribution in [0.3, 0.4) is 0 Å². The van der Waals surface area contributed by atoms with E-state index < -0.39 is 0 Å². The molecule has 0 amide bonds. The van der Waals surface area contributed by atoms with Crippen LogP contribution in [0.2, 0.25) is 0 Å². The van der Waals surface area contributed by atoms with Gasteiger partial charge in [-0.1, -0.05) is 0 Å².